The van der Waals surface area contributed by atoms with Gasteiger partial charge in [-0.25, -0.2) is 0 Å². The number of nitrogens with two attached hydrogens (primary N) is 1. The molecule has 4 heteroatoms. The molecule has 1 heterocycles. The third-order valence-corrected chi connectivity index (χ3v) is 2.85. The Balaban J connectivity index is 2.13. The number of rotatable bonds is 6. The van der Waals surface area contributed by atoms with Crippen LogP contribution in [0.5, 0.6) is 0 Å². The van der Waals surface area contributed by atoms with E-state index in [1.165, 1.54) is 6.42 Å². The minimum absolute atomic E-state index is 0.321. The van der Waals surface area contributed by atoms with Crippen molar-refractivity contribution in [3.63, 3.8) is 0 Å². The Morgan fingerprint density at radius 3 is 2.93 bits per heavy atom. The highest BCUT2D eigenvalue weighted by molar-refractivity contribution is 4.80. The van der Waals surface area contributed by atoms with Crippen LogP contribution in [0.15, 0.2) is 0 Å². The molecule has 4 nitrogen and oxygen atoms in total. The minimum Gasteiger partial charge on any atom is -0.396 e. The monoisotopic (exact) mass is 201 g/mol. The van der Waals surface area contributed by atoms with E-state index in [0.717, 1.165) is 45.6 Å². The molecular weight excluding hydrogens is 178 g/mol. The van der Waals surface area contributed by atoms with E-state index in [4.69, 9.17) is 10.8 Å². The van der Waals surface area contributed by atoms with E-state index in [1.54, 1.807) is 0 Å². The van der Waals surface area contributed by atoms with Gasteiger partial charge in [-0.05, 0) is 25.8 Å². The molecule has 0 bridgehead atoms. The van der Waals surface area contributed by atoms with Crippen LogP contribution in [0.1, 0.15) is 19.3 Å². The molecule has 1 unspecified atom stereocenters. The van der Waals surface area contributed by atoms with Crippen LogP contribution in [0.3, 0.4) is 0 Å². The van der Waals surface area contributed by atoms with Crippen molar-refractivity contribution in [3.05, 3.63) is 0 Å². The lowest BCUT2D eigenvalue weighted by atomic mass is 10.1. The number of nitrogens with zero attached hydrogens (tertiary/aromatic N) is 1. The van der Waals surface area contributed by atoms with Crippen LogP contribution < -0.4 is 11.1 Å². The molecule has 1 fully saturated rings. The third-order valence-electron chi connectivity index (χ3n) is 2.85. The number of nitrogens with one attached hydrogen (secondary N) is 1. The number of aliphatic hydroxyl groups is 1. The number of unbranched alkanes of at least 4 members (excludes halogenated alkanes) is 2. The van der Waals surface area contributed by atoms with E-state index in [2.05, 4.69) is 10.2 Å². The molecule has 1 aliphatic rings. The fraction of sp³-hybridized carbons (Fsp3) is 1.00. The number of hydrogen-bond donors (Lipinski definition) is 3. The van der Waals surface area contributed by atoms with Crippen LogP contribution in [-0.4, -0.2) is 55.4 Å². The summed E-state index contributed by atoms with van der Waals surface area (Å²) in [6.07, 6.45) is 3.23. The Bertz CT molecular complexity index is 143. The molecule has 0 aromatic heterocycles. The molecule has 0 aliphatic carbocycles. The van der Waals surface area contributed by atoms with Gasteiger partial charge in [-0.3, -0.25) is 4.90 Å². The molecule has 0 aromatic carbocycles. The Labute approximate surface area is 86.5 Å². The number of aliphatic hydroxyl groups excluding tert-OH is 1. The highest BCUT2D eigenvalue weighted by atomic mass is 16.2. The molecule has 0 amide bonds. The zero-order valence-electron chi connectivity index (χ0n) is 8.91. The fourth-order valence-electron chi connectivity index (χ4n) is 1.93. The summed E-state index contributed by atoms with van der Waals surface area (Å²) in [5.41, 5.74) is 5.70. The normalized spacial score (nSPS) is 24.0. The van der Waals surface area contributed by atoms with Gasteiger partial charge in [0.1, 0.15) is 0 Å². The second-order valence-corrected chi connectivity index (χ2v) is 3.91. The van der Waals surface area contributed by atoms with Crippen molar-refractivity contribution in [2.45, 2.75) is 25.3 Å². The largest absolute Gasteiger partial charge is 0.396 e. The average Bonchev–Trinajstić information content (AvgIpc) is 2.25. The highest BCUT2D eigenvalue weighted by Crippen LogP contribution is 2.05. The van der Waals surface area contributed by atoms with Crippen molar-refractivity contribution >= 4 is 0 Å². The summed E-state index contributed by atoms with van der Waals surface area (Å²) in [7, 11) is 0. The number of hydrogen-bond acceptors (Lipinski definition) is 4. The van der Waals surface area contributed by atoms with Crippen LogP contribution in [0.25, 0.3) is 0 Å². The minimum atomic E-state index is 0.321. The highest BCUT2D eigenvalue weighted by Gasteiger charge is 2.19. The summed E-state index contributed by atoms with van der Waals surface area (Å²) in [6, 6.07) is 0.512. The van der Waals surface area contributed by atoms with Crippen molar-refractivity contribution in [2.24, 2.45) is 5.73 Å². The lowest BCUT2D eigenvalue weighted by Gasteiger charge is -2.35. The van der Waals surface area contributed by atoms with Gasteiger partial charge in [0.05, 0.1) is 0 Å². The SMILES string of the molecule is NCC1CNCCN1CCCCCO. The van der Waals surface area contributed by atoms with Crippen LogP contribution >= 0.6 is 0 Å². The standard InChI is InChI=1S/C10H23N3O/c11-8-10-9-12-4-6-13(10)5-2-1-3-7-14/h10,12,14H,1-9,11H2. The molecule has 0 aromatic rings. The van der Waals surface area contributed by atoms with Crippen molar-refractivity contribution in [3.8, 4) is 0 Å². The van der Waals surface area contributed by atoms with Gasteiger partial charge in [0.25, 0.3) is 0 Å². The first-order valence-corrected chi connectivity index (χ1v) is 5.64. The van der Waals surface area contributed by atoms with E-state index in [-0.39, 0.29) is 0 Å². The van der Waals surface area contributed by atoms with E-state index in [1.807, 2.05) is 0 Å². The molecule has 14 heavy (non-hydrogen) atoms. The molecule has 1 aliphatic heterocycles. The summed E-state index contributed by atoms with van der Waals surface area (Å²) >= 11 is 0. The van der Waals surface area contributed by atoms with Crippen molar-refractivity contribution in [1.82, 2.24) is 10.2 Å². The van der Waals surface area contributed by atoms with Gasteiger partial charge in [0.2, 0.25) is 0 Å². The predicted molar refractivity (Wildman–Crippen MR) is 58.2 cm³/mol. The van der Waals surface area contributed by atoms with E-state index >= 15 is 0 Å². The van der Waals surface area contributed by atoms with Crippen molar-refractivity contribution in [1.29, 1.82) is 0 Å². The zero-order valence-corrected chi connectivity index (χ0v) is 8.91. The smallest absolute Gasteiger partial charge is 0.0431 e. The second kappa shape index (κ2) is 7.17. The molecule has 0 radical (unpaired) electrons. The van der Waals surface area contributed by atoms with Gasteiger partial charge >= 0.3 is 0 Å². The summed E-state index contributed by atoms with van der Waals surface area (Å²) < 4.78 is 0. The molecule has 0 spiro atoms. The summed E-state index contributed by atoms with van der Waals surface area (Å²) in [6.45, 7) is 5.41. The maximum atomic E-state index is 8.66. The van der Waals surface area contributed by atoms with Gasteiger partial charge in [0.15, 0.2) is 0 Å². The number of piperazine rings is 1. The van der Waals surface area contributed by atoms with Gasteiger partial charge < -0.3 is 16.2 Å². The van der Waals surface area contributed by atoms with Gasteiger partial charge in [-0.1, -0.05) is 0 Å². The first kappa shape index (κ1) is 11.9. The van der Waals surface area contributed by atoms with Crippen LogP contribution in [0.2, 0.25) is 0 Å². The van der Waals surface area contributed by atoms with E-state index in [9.17, 15) is 0 Å². The van der Waals surface area contributed by atoms with Crippen LogP contribution in [0, 0.1) is 0 Å². The third kappa shape index (κ3) is 3.92. The van der Waals surface area contributed by atoms with Crippen molar-refractivity contribution < 1.29 is 5.11 Å². The lowest BCUT2D eigenvalue weighted by Crippen LogP contribution is -2.54. The Kier molecular flexibility index (Phi) is 6.10. The molecule has 1 saturated heterocycles. The maximum Gasteiger partial charge on any atom is 0.0431 e. The molecule has 84 valence electrons. The van der Waals surface area contributed by atoms with E-state index < -0.39 is 0 Å². The van der Waals surface area contributed by atoms with Crippen molar-refractivity contribution in [2.75, 3.05) is 39.3 Å². The van der Waals surface area contributed by atoms with Gasteiger partial charge in [0, 0.05) is 38.8 Å². The Morgan fingerprint density at radius 1 is 1.36 bits per heavy atom. The topological polar surface area (TPSA) is 61.5 Å². The molecule has 1 rings (SSSR count). The first-order valence-electron chi connectivity index (χ1n) is 5.64. The Hall–Kier alpha value is -0.160. The maximum absolute atomic E-state index is 8.66. The molecule has 0 saturated carbocycles. The fourth-order valence-corrected chi connectivity index (χ4v) is 1.93. The average molecular weight is 201 g/mol. The van der Waals surface area contributed by atoms with Crippen LogP contribution in [-0.2, 0) is 0 Å². The first-order chi connectivity index (χ1) is 6.88. The second-order valence-electron chi connectivity index (χ2n) is 3.91. The molecule has 1 atom stereocenters. The predicted octanol–water partition coefficient (Wildman–Crippen LogP) is -0.618. The summed E-state index contributed by atoms with van der Waals surface area (Å²) in [4.78, 5) is 2.47. The molecule has 4 N–H and O–H groups in total. The van der Waals surface area contributed by atoms with Gasteiger partial charge in [-0.2, -0.15) is 0 Å². The quantitative estimate of drug-likeness (QED) is 0.501. The van der Waals surface area contributed by atoms with Crippen LogP contribution in [0.4, 0.5) is 0 Å². The molecular formula is C10H23N3O. The van der Waals surface area contributed by atoms with Gasteiger partial charge in [-0.15, -0.1) is 0 Å². The Morgan fingerprint density at radius 2 is 2.21 bits per heavy atom. The summed E-state index contributed by atoms with van der Waals surface area (Å²) in [5.74, 6) is 0. The zero-order chi connectivity index (χ0) is 10.2. The summed E-state index contributed by atoms with van der Waals surface area (Å²) in [5, 5.41) is 12.0. The van der Waals surface area contributed by atoms with E-state index in [0.29, 0.717) is 12.6 Å². The lowest BCUT2D eigenvalue weighted by molar-refractivity contribution is 0.161.